The molecule has 1 aromatic heterocycles. The maximum absolute atomic E-state index is 12.1. The summed E-state index contributed by atoms with van der Waals surface area (Å²) < 4.78 is 0. The van der Waals surface area contributed by atoms with Crippen LogP contribution in [0.2, 0.25) is 0 Å². The zero-order chi connectivity index (χ0) is 15.4. The standard InChI is InChI=1S/C17H21N3O/c1-11(2)14-7-5-6-8-15(14)19-17(21)20-16-10-12(3)9-13(4)18-16/h5-11H,1-4H3,(H2,18,19,20,21). The van der Waals surface area contributed by atoms with Gasteiger partial charge in [-0.25, -0.2) is 9.78 Å². The number of urea groups is 1. The second kappa shape index (κ2) is 6.39. The molecule has 0 spiro atoms. The molecule has 0 radical (unpaired) electrons. The minimum atomic E-state index is -0.277. The lowest BCUT2D eigenvalue weighted by atomic mass is 10.0. The number of hydrogen-bond donors (Lipinski definition) is 2. The number of aryl methyl sites for hydroxylation is 2. The summed E-state index contributed by atoms with van der Waals surface area (Å²) in [7, 11) is 0. The molecule has 110 valence electrons. The molecule has 0 bridgehead atoms. The van der Waals surface area contributed by atoms with E-state index in [1.807, 2.05) is 50.2 Å². The number of rotatable bonds is 3. The van der Waals surface area contributed by atoms with Gasteiger partial charge in [-0.3, -0.25) is 5.32 Å². The zero-order valence-corrected chi connectivity index (χ0v) is 12.9. The number of amides is 2. The van der Waals surface area contributed by atoms with Crippen molar-refractivity contribution in [3.63, 3.8) is 0 Å². The third-order valence-corrected chi connectivity index (χ3v) is 3.17. The number of nitrogens with zero attached hydrogens (tertiary/aromatic N) is 1. The first-order chi connectivity index (χ1) is 9.95. The zero-order valence-electron chi connectivity index (χ0n) is 12.9. The number of hydrogen-bond acceptors (Lipinski definition) is 2. The van der Waals surface area contributed by atoms with Crippen LogP contribution in [0.3, 0.4) is 0 Å². The highest BCUT2D eigenvalue weighted by atomic mass is 16.2. The summed E-state index contributed by atoms with van der Waals surface area (Å²) in [5.74, 6) is 0.910. The van der Waals surface area contributed by atoms with Crippen molar-refractivity contribution in [2.45, 2.75) is 33.6 Å². The first-order valence-corrected chi connectivity index (χ1v) is 7.08. The number of pyridine rings is 1. The number of para-hydroxylation sites is 1. The molecule has 2 aromatic rings. The Balaban J connectivity index is 2.12. The molecule has 2 rings (SSSR count). The predicted octanol–water partition coefficient (Wildman–Crippen LogP) is 4.47. The van der Waals surface area contributed by atoms with Crippen molar-refractivity contribution in [3.05, 3.63) is 53.2 Å². The maximum Gasteiger partial charge on any atom is 0.324 e. The Kier molecular flexibility index (Phi) is 4.58. The van der Waals surface area contributed by atoms with E-state index in [9.17, 15) is 4.79 Å². The Morgan fingerprint density at radius 2 is 1.81 bits per heavy atom. The highest BCUT2D eigenvalue weighted by Crippen LogP contribution is 2.23. The van der Waals surface area contributed by atoms with Gasteiger partial charge in [0.25, 0.3) is 0 Å². The van der Waals surface area contributed by atoms with Gasteiger partial charge in [0, 0.05) is 11.4 Å². The normalized spacial score (nSPS) is 10.5. The van der Waals surface area contributed by atoms with Gasteiger partial charge >= 0.3 is 6.03 Å². The minimum absolute atomic E-state index is 0.277. The van der Waals surface area contributed by atoms with Gasteiger partial charge in [0.2, 0.25) is 0 Å². The molecule has 21 heavy (non-hydrogen) atoms. The minimum Gasteiger partial charge on any atom is -0.307 e. The van der Waals surface area contributed by atoms with Gasteiger partial charge in [0.15, 0.2) is 0 Å². The summed E-state index contributed by atoms with van der Waals surface area (Å²) in [6.45, 7) is 8.09. The van der Waals surface area contributed by atoms with Crippen LogP contribution in [-0.4, -0.2) is 11.0 Å². The van der Waals surface area contributed by atoms with Crippen LogP contribution in [0.1, 0.15) is 36.6 Å². The lowest BCUT2D eigenvalue weighted by Gasteiger charge is -2.14. The first kappa shape index (κ1) is 15.0. The molecule has 4 nitrogen and oxygen atoms in total. The van der Waals surface area contributed by atoms with Crippen molar-refractivity contribution < 1.29 is 4.79 Å². The van der Waals surface area contributed by atoms with E-state index in [0.717, 1.165) is 22.5 Å². The van der Waals surface area contributed by atoms with Crippen LogP contribution < -0.4 is 10.6 Å². The summed E-state index contributed by atoms with van der Waals surface area (Å²) in [5.41, 5.74) is 3.89. The molecular weight excluding hydrogens is 262 g/mol. The van der Waals surface area contributed by atoms with E-state index in [4.69, 9.17) is 0 Å². The van der Waals surface area contributed by atoms with Gasteiger partial charge < -0.3 is 5.32 Å². The van der Waals surface area contributed by atoms with Crippen LogP contribution in [0.4, 0.5) is 16.3 Å². The van der Waals surface area contributed by atoms with Crippen molar-refractivity contribution in [2.24, 2.45) is 0 Å². The lowest BCUT2D eigenvalue weighted by Crippen LogP contribution is -2.21. The van der Waals surface area contributed by atoms with Gasteiger partial charge in [-0.05, 0) is 49.1 Å². The largest absolute Gasteiger partial charge is 0.324 e. The molecule has 1 heterocycles. The average Bonchev–Trinajstić information content (AvgIpc) is 2.37. The first-order valence-electron chi connectivity index (χ1n) is 7.08. The molecular formula is C17H21N3O. The topological polar surface area (TPSA) is 54.0 Å². The number of carbonyl (C=O) groups is 1. The summed E-state index contributed by atoms with van der Waals surface area (Å²) in [5, 5.41) is 5.67. The highest BCUT2D eigenvalue weighted by Gasteiger charge is 2.09. The van der Waals surface area contributed by atoms with Crippen LogP contribution >= 0.6 is 0 Å². The molecule has 0 saturated carbocycles. The third kappa shape index (κ3) is 4.05. The summed E-state index contributed by atoms with van der Waals surface area (Å²) in [6, 6.07) is 11.4. The van der Waals surface area contributed by atoms with Gasteiger partial charge in [0.1, 0.15) is 5.82 Å². The molecule has 0 saturated heterocycles. The molecule has 0 aliphatic heterocycles. The van der Waals surface area contributed by atoms with Crippen molar-refractivity contribution in [2.75, 3.05) is 10.6 Å². The van der Waals surface area contributed by atoms with Crippen LogP contribution in [0.25, 0.3) is 0 Å². The smallest absolute Gasteiger partial charge is 0.307 e. The number of aromatic nitrogens is 1. The van der Waals surface area contributed by atoms with Gasteiger partial charge in [-0.15, -0.1) is 0 Å². The van der Waals surface area contributed by atoms with E-state index in [2.05, 4.69) is 29.5 Å². The van der Waals surface area contributed by atoms with E-state index in [1.54, 1.807) is 0 Å². The van der Waals surface area contributed by atoms with Gasteiger partial charge in [0.05, 0.1) is 0 Å². The van der Waals surface area contributed by atoms with Gasteiger partial charge in [-0.2, -0.15) is 0 Å². The summed E-state index contributed by atoms with van der Waals surface area (Å²) in [4.78, 5) is 16.4. The lowest BCUT2D eigenvalue weighted by molar-refractivity contribution is 0.262. The second-order valence-corrected chi connectivity index (χ2v) is 5.49. The quantitative estimate of drug-likeness (QED) is 0.873. The number of nitrogens with one attached hydrogen (secondary N) is 2. The van der Waals surface area contributed by atoms with Crippen LogP contribution in [0.5, 0.6) is 0 Å². The fourth-order valence-corrected chi connectivity index (χ4v) is 2.29. The SMILES string of the molecule is Cc1cc(C)nc(NC(=O)Nc2ccccc2C(C)C)c1. The highest BCUT2D eigenvalue weighted by molar-refractivity contribution is 5.99. The second-order valence-electron chi connectivity index (χ2n) is 5.49. The van der Waals surface area contributed by atoms with E-state index in [1.165, 1.54) is 0 Å². The molecule has 0 fully saturated rings. The van der Waals surface area contributed by atoms with Crippen molar-refractivity contribution in [1.29, 1.82) is 0 Å². The van der Waals surface area contributed by atoms with Crippen LogP contribution in [0, 0.1) is 13.8 Å². The maximum atomic E-state index is 12.1. The molecule has 4 heteroatoms. The molecule has 2 N–H and O–H groups in total. The van der Waals surface area contributed by atoms with E-state index in [0.29, 0.717) is 11.7 Å². The molecule has 1 aromatic carbocycles. The van der Waals surface area contributed by atoms with Crippen molar-refractivity contribution in [3.8, 4) is 0 Å². The Hall–Kier alpha value is -2.36. The Morgan fingerprint density at radius 3 is 2.48 bits per heavy atom. The monoisotopic (exact) mass is 283 g/mol. The fraction of sp³-hybridized carbons (Fsp3) is 0.294. The van der Waals surface area contributed by atoms with Gasteiger partial charge in [-0.1, -0.05) is 32.0 Å². The summed E-state index contributed by atoms with van der Waals surface area (Å²) >= 11 is 0. The summed E-state index contributed by atoms with van der Waals surface area (Å²) in [6.07, 6.45) is 0. The molecule has 2 amide bonds. The number of carbonyl (C=O) groups excluding carboxylic acids is 1. The Bertz CT molecular complexity index is 630. The molecule has 0 unspecified atom stereocenters. The predicted molar refractivity (Wildman–Crippen MR) is 86.9 cm³/mol. The molecule has 0 atom stereocenters. The average molecular weight is 283 g/mol. The number of anilines is 2. The molecule has 0 aliphatic rings. The van der Waals surface area contributed by atoms with E-state index in [-0.39, 0.29) is 6.03 Å². The third-order valence-electron chi connectivity index (χ3n) is 3.17. The van der Waals surface area contributed by atoms with E-state index < -0.39 is 0 Å². The van der Waals surface area contributed by atoms with Crippen molar-refractivity contribution >= 4 is 17.5 Å². The Morgan fingerprint density at radius 1 is 1.10 bits per heavy atom. The van der Waals surface area contributed by atoms with Crippen molar-refractivity contribution in [1.82, 2.24) is 4.98 Å². The van der Waals surface area contributed by atoms with Crippen LogP contribution in [0.15, 0.2) is 36.4 Å². The van der Waals surface area contributed by atoms with Crippen LogP contribution in [-0.2, 0) is 0 Å². The molecule has 0 aliphatic carbocycles. The number of benzene rings is 1. The fourth-order valence-electron chi connectivity index (χ4n) is 2.29. The Labute approximate surface area is 125 Å². The van der Waals surface area contributed by atoms with E-state index >= 15 is 0 Å².